The Balaban J connectivity index is 0.00000256. The van der Waals surface area contributed by atoms with Crippen LogP contribution in [-0.4, -0.2) is 30.9 Å². The van der Waals surface area contributed by atoms with Gasteiger partial charge in [-0.05, 0) is 34.0 Å². The van der Waals surface area contributed by atoms with Gasteiger partial charge in [-0.25, -0.2) is 0 Å². The molecule has 0 bridgehead atoms. The van der Waals surface area contributed by atoms with Crippen molar-refractivity contribution in [3.05, 3.63) is 22.6 Å². The SMILES string of the molecule is CN(CC(C)(C)CN)C(=O)c1occc1Br.Cl. The summed E-state index contributed by atoms with van der Waals surface area (Å²) in [4.78, 5) is 13.6. The number of nitrogens with zero attached hydrogens (tertiary/aromatic N) is 1. The average molecular weight is 326 g/mol. The molecule has 0 aliphatic rings. The quantitative estimate of drug-likeness (QED) is 0.925. The monoisotopic (exact) mass is 324 g/mol. The lowest BCUT2D eigenvalue weighted by molar-refractivity contribution is 0.0708. The van der Waals surface area contributed by atoms with Crippen LogP contribution in [-0.2, 0) is 0 Å². The maximum absolute atomic E-state index is 12.0. The Morgan fingerprint density at radius 1 is 1.59 bits per heavy atom. The Morgan fingerprint density at radius 2 is 2.18 bits per heavy atom. The molecule has 1 amide bonds. The molecule has 1 aromatic heterocycles. The van der Waals surface area contributed by atoms with Crippen LogP contribution in [0.15, 0.2) is 21.2 Å². The summed E-state index contributed by atoms with van der Waals surface area (Å²) < 4.78 is 5.80. The summed E-state index contributed by atoms with van der Waals surface area (Å²) in [6.45, 7) is 5.17. The lowest BCUT2D eigenvalue weighted by atomic mass is 9.93. The summed E-state index contributed by atoms with van der Waals surface area (Å²) in [5.74, 6) is 0.189. The van der Waals surface area contributed by atoms with Gasteiger partial charge in [-0.2, -0.15) is 0 Å². The highest BCUT2D eigenvalue weighted by atomic mass is 79.9. The van der Waals surface area contributed by atoms with E-state index in [1.807, 2.05) is 13.8 Å². The van der Waals surface area contributed by atoms with E-state index in [0.717, 1.165) is 0 Å². The van der Waals surface area contributed by atoms with Crippen molar-refractivity contribution in [1.82, 2.24) is 4.90 Å². The molecule has 0 unspecified atom stereocenters. The predicted molar refractivity (Wildman–Crippen MR) is 73.5 cm³/mol. The van der Waals surface area contributed by atoms with Crippen LogP contribution < -0.4 is 5.73 Å². The summed E-state index contributed by atoms with van der Waals surface area (Å²) in [5, 5.41) is 0. The number of carbonyl (C=O) groups excluding carboxylic acids is 1. The summed E-state index contributed by atoms with van der Waals surface area (Å²) in [6.07, 6.45) is 1.49. The smallest absolute Gasteiger partial charge is 0.290 e. The van der Waals surface area contributed by atoms with Gasteiger partial charge in [0.2, 0.25) is 5.76 Å². The van der Waals surface area contributed by atoms with E-state index >= 15 is 0 Å². The third kappa shape index (κ3) is 4.33. The normalized spacial score (nSPS) is 10.9. The number of hydrogen-bond donors (Lipinski definition) is 1. The van der Waals surface area contributed by atoms with E-state index in [1.54, 1.807) is 18.0 Å². The minimum absolute atomic E-state index is 0. The van der Waals surface area contributed by atoms with Gasteiger partial charge in [0.1, 0.15) is 0 Å². The number of rotatable bonds is 4. The molecule has 0 fully saturated rings. The van der Waals surface area contributed by atoms with Crippen LogP contribution in [0.1, 0.15) is 24.4 Å². The Labute approximate surface area is 116 Å². The third-order valence-electron chi connectivity index (χ3n) is 2.38. The minimum Gasteiger partial charge on any atom is -0.458 e. The second kappa shape index (κ2) is 6.42. The predicted octanol–water partition coefficient (Wildman–Crippen LogP) is 2.52. The molecular weight excluding hydrogens is 307 g/mol. The van der Waals surface area contributed by atoms with Gasteiger partial charge in [0.25, 0.3) is 5.91 Å². The zero-order chi connectivity index (χ0) is 12.3. The van der Waals surface area contributed by atoms with Gasteiger partial charge in [0, 0.05) is 13.6 Å². The fraction of sp³-hybridized carbons (Fsp3) is 0.545. The molecule has 0 aliphatic carbocycles. The molecule has 17 heavy (non-hydrogen) atoms. The van der Waals surface area contributed by atoms with Crippen LogP contribution in [0.25, 0.3) is 0 Å². The van der Waals surface area contributed by atoms with E-state index in [2.05, 4.69) is 15.9 Å². The number of amides is 1. The largest absolute Gasteiger partial charge is 0.458 e. The van der Waals surface area contributed by atoms with Crippen molar-refractivity contribution < 1.29 is 9.21 Å². The van der Waals surface area contributed by atoms with Gasteiger partial charge < -0.3 is 15.1 Å². The molecule has 98 valence electrons. The average Bonchev–Trinajstić information content (AvgIpc) is 2.62. The van der Waals surface area contributed by atoms with Crippen LogP contribution in [0, 0.1) is 5.41 Å². The molecule has 0 saturated heterocycles. The fourth-order valence-corrected chi connectivity index (χ4v) is 1.77. The van der Waals surface area contributed by atoms with Gasteiger partial charge in [-0.1, -0.05) is 13.8 Å². The first kappa shape index (κ1) is 16.5. The lowest BCUT2D eigenvalue weighted by Crippen LogP contribution is -2.39. The second-order valence-electron chi connectivity index (χ2n) is 4.63. The Morgan fingerprint density at radius 3 is 2.59 bits per heavy atom. The highest BCUT2D eigenvalue weighted by molar-refractivity contribution is 9.10. The zero-order valence-electron chi connectivity index (χ0n) is 10.2. The minimum atomic E-state index is -0.140. The maximum Gasteiger partial charge on any atom is 0.290 e. The van der Waals surface area contributed by atoms with Crippen molar-refractivity contribution in [2.75, 3.05) is 20.1 Å². The highest BCUT2D eigenvalue weighted by Gasteiger charge is 2.24. The Kier molecular flexibility index (Phi) is 6.23. The van der Waals surface area contributed by atoms with Gasteiger partial charge in [0.15, 0.2) is 0 Å². The fourth-order valence-electron chi connectivity index (χ4n) is 1.40. The number of hydrogen-bond acceptors (Lipinski definition) is 3. The molecule has 0 aromatic carbocycles. The van der Waals surface area contributed by atoms with Crippen molar-refractivity contribution >= 4 is 34.2 Å². The van der Waals surface area contributed by atoms with Crippen LogP contribution in [0.5, 0.6) is 0 Å². The van der Waals surface area contributed by atoms with Gasteiger partial charge in [-0.15, -0.1) is 12.4 Å². The zero-order valence-corrected chi connectivity index (χ0v) is 12.6. The summed E-state index contributed by atoms with van der Waals surface area (Å²) in [7, 11) is 1.74. The molecule has 1 rings (SSSR count). The molecular formula is C11H18BrClN2O2. The van der Waals surface area contributed by atoms with E-state index in [9.17, 15) is 4.79 Å². The second-order valence-corrected chi connectivity index (χ2v) is 5.48. The molecule has 0 radical (unpaired) electrons. The first-order chi connectivity index (χ1) is 7.37. The molecule has 0 atom stereocenters. The number of nitrogens with two attached hydrogens (primary N) is 1. The first-order valence-electron chi connectivity index (χ1n) is 5.06. The Bertz CT molecular complexity index is 379. The first-order valence-corrected chi connectivity index (χ1v) is 5.85. The summed E-state index contributed by atoms with van der Waals surface area (Å²) in [5.41, 5.74) is 5.54. The van der Waals surface area contributed by atoms with Crippen LogP contribution in [0.3, 0.4) is 0 Å². The number of furan rings is 1. The lowest BCUT2D eigenvalue weighted by Gasteiger charge is -2.28. The van der Waals surface area contributed by atoms with Gasteiger partial charge in [-0.3, -0.25) is 4.79 Å². The molecule has 6 heteroatoms. The van der Waals surface area contributed by atoms with Gasteiger partial charge in [0.05, 0.1) is 10.7 Å². The maximum atomic E-state index is 12.0. The van der Waals surface area contributed by atoms with Crippen LogP contribution in [0.4, 0.5) is 0 Å². The third-order valence-corrected chi connectivity index (χ3v) is 3.00. The Hall–Kier alpha value is -0.520. The van der Waals surface area contributed by atoms with Crippen LogP contribution in [0.2, 0.25) is 0 Å². The van der Waals surface area contributed by atoms with E-state index in [-0.39, 0.29) is 23.7 Å². The van der Waals surface area contributed by atoms with Crippen molar-refractivity contribution in [1.29, 1.82) is 0 Å². The van der Waals surface area contributed by atoms with E-state index < -0.39 is 0 Å². The van der Waals surface area contributed by atoms with Crippen LogP contribution >= 0.6 is 28.3 Å². The topological polar surface area (TPSA) is 59.5 Å². The number of halogens is 2. The molecule has 0 spiro atoms. The molecule has 0 aliphatic heterocycles. The molecule has 0 saturated carbocycles. The highest BCUT2D eigenvalue weighted by Crippen LogP contribution is 2.21. The summed E-state index contributed by atoms with van der Waals surface area (Å²) >= 11 is 3.27. The molecule has 2 N–H and O–H groups in total. The van der Waals surface area contributed by atoms with E-state index in [4.69, 9.17) is 10.2 Å². The van der Waals surface area contributed by atoms with E-state index in [1.165, 1.54) is 6.26 Å². The standard InChI is InChI=1S/C11H17BrN2O2.ClH/c1-11(2,6-13)7-14(3)10(15)9-8(12)4-5-16-9;/h4-5H,6-7,13H2,1-3H3;1H. The molecule has 1 aromatic rings. The van der Waals surface area contributed by atoms with Crippen molar-refractivity contribution in [2.45, 2.75) is 13.8 Å². The van der Waals surface area contributed by atoms with Crippen molar-refractivity contribution in [3.63, 3.8) is 0 Å². The van der Waals surface area contributed by atoms with Crippen molar-refractivity contribution in [3.8, 4) is 0 Å². The summed E-state index contributed by atoms with van der Waals surface area (Å²) in [6, 6.07) is 1.70. The molecule has 1 heterocycles. The number of carbonyl (C=O) groups is 1. The van der Waals surface area contributed by atoms with E-state index in [0.29, 0.717) is 23.3 Å². The van der Waals surface area contributed by atoms with Crippen molar-refractivity contribution in [2.24, 2.45) is 11.1 Å². The molecule has 4 nitrogen and oxygen atoms in total. The van der Waals surface area contributed by atoms with Gasteiger partial charge >= 0.3 is 0 Å².